The summed E-state index contributed by atoms with van der Waals surface area (Å²) in [5.41, 5.74) is 3.38. The van der Waals surface area contributed by atoms with Crippen LogP contribution in [0.5, 0.6) is 11.6 Å². The van der Waals surface area contributed by atoms with Gasteiger partial charge in [-0.1, -0.05) is 25.5 Å². The number of nitrogens with zero attached hydrogens (tertiary/aromatic N) is 2. The number of nitrogens with one attached hydrogen (secondary N) is 1. The summed E-state index contributed by atoms with van der Waals surface area (Å²) >= 11 is 0. The summed E-state index contributed by atoms with van der Waals surface area (Å²) in [4.78, 5) is 8.55. The van der Waals surface area contributed by atoms with Gasteiger partial charge in [0.25, 0.3) is 0 Å². The minimum Gasteiger partial charge on any atom is -0.438 e. The molecule has 0 aliphatic heterocycles. The van der Waals surface area contributed by atoms with Crippen molar-refractivity contribution in [2.24, 2.45) is 0 Å². The highest BCUT2D eigenvalue weighted by Gasteiger charge is 2.13. The second-order valence-electron chi connectivity index (χ2n) is 4.81. The lowest BCUT2D eigenvalue weighted by Crippen LogP contribution is -2.03. The number of hydrogen-bond donors (Lipinski definition) is 1. The van der Waals surface area contributed by atoms with Crippen molar-refractivity contribution >= 4 is 5.82 Å². The maximum atomic E-state index is 6.03. The zero-order valence-electron chi connectivity index (χ0n) is 12.5. The summed E-state index contributed by atoms with van der Waals surface area (Å²) in [5, 5.41) is 3.10. The first-order valence-corrected chi connectivity index (χ1v) is 6.93. The van der Waals surface area contributed by atoms with Crippen LogP contribution in [0.15, 0.2) is 24.5 Å². The van der Waals surface area contributed by atoms with E-state index in [2.05, 4.69) is 42.1 Å². The van der Waals surface area contributed by atoms with Crippen molar-refractivity contribution in [1.29, 1.82) is 0 Å². The van der Waals surface area contributed by atoms with Crippen LogP contribution in [0.25, 0.3) is 0 Å². The van der Waals surface area contributed by atoms with Gasteiger partial charge in [0.05, 0.1) is 5.56 Å². The molecule has 0 unspecified atom stereocenters. The summed E-state index contributed by atoms with van der Waals surface area (Å²) in [6, 6.07) is 6.05. The van der Waals surface area contributed by atoms with E-state index >= 15 is 0 Å². The molecule has 1 N–H and O–H groups in total. The van der Waals surface area contributed by atoms with Crippen LogP contribution in [0.1, 0.15) is 30.0 Å². The van der Waals surface area contributed by atoms with Crippen LogP contribution >= 0.6 is 0 Å². The number of aryl methyl sites for hydroxylation is 1. The van der Waals surface area contributed by atoms with Crippen LogP contribution < -0.4 is 10.1 Å². The first-order valence-electron chi connectivity index (χ1n) is 6.93. The third-order valence-electron chi connectivity index (χ3n) is 3.40. The van der Waals surface area contributed by atoms with E-state index in [1.807, 2.05) is 19.2 Å². The molecule has 1 aromatic carbocycles. The molecule has 0 amide bonds. The van der Waals surface area contributed by atoms with Crippen LogP contribution in [0.4, 0.5) is 5.82 Å². The third-order valence-corrected chi connectivity index (χ3v) is 3.40. The van der Waals surface area contributed by atoms with Crippen molar-refractivity contribution in [3.63, 3.8) is 0 Å². The third kappa shape index (κ3) is 2.90. The van der Waals surface area contributed by atoms with Gasteiger partial charge in [-0.15, -0.1) is 0 Å². The number of ether oxygens (including phenoxy) is 1. The number of rotatable bonds is 5. The Labute approximate surface area is 120 Å². The predicted molar refractivity (Wildman–Crippen MR) is 81.6 cm³/mol. The van der Waals surface area contributed by atoms with E-state index < -0.39 is 0 Å². The smallest absolute Gasteiger partial charge is 0.227 e. The SMILES string of the molecule is CCCc1c(NC)ncnc1Oc1cccc(C)c1C. The van der Waals surface area contributed by atoms with Crippen LogP contribution in [0.2, 0.25) is 0 Å². The molecular weight excluding hydrogens is 250 g/mol. The highest BCUT2D eigenvalue weighted by atomic mass is 16.5. The van der Waals surface area contributed by atoms with E-state index in [0.29, 0.717) is 5.88 Å². The average Bonchev–Trinajstić information content (AvgIpc) is 2.46. The zero-order chi connectivity index (χ0) is 14.5. The quantitative estimate of drug-likeness (QED) is 0.896. The zero-order valence-corrected chi connectivity index (χ0v) is 12.5. The molecule has 2 rings (SSSR count). The second kappa shape index (κ2) is 6.37. The number of anilines is 1. The highest BCUT2D eigenvalue weighted by molar-refractivity contribution is 5.50. The van der Waals surface area contributed by atoms with Gasteiger partial charge in [0.15, 0.2) is 0 Å². The van der Waals surface area contributed by atoms with Gasteiger partial charge in [0.1, 0.15) is 17.9 Å². The molecule has 0 atom stereocenters. The predicted octanol–water partition coefficient (Wildman–Crippen LogP) is 3.88. The Morgan fingerprint density at radius 2 is 2.00 bits per heavy atom. The van der Waals surface area contributed by atoms with Gasteiger partial charge in [-0.3, -0.25) is 0 Å². The second-order valence-corrected chi connectivity index (χ2v) is 4.81. The van der Waals surface area contributed by atoms with Crippen molar-refractivity contribution in [3.8, 4) is 11.6 Å². The molecule has 0 radical (unpaired) electrons. The molecule has 0 aliphatic rings. The Balaban J connectivity index is 2.40. The molecule has 2 aromatic rings. The summed E-state index contributed by atoms with van der Waals surface area (Å²) in [6.07, 6.45) is 3.44. The molecule has 0 saturated heterocycles. The topological polar surface area (TPSA) is 47.0 Å². The summed E-state index contributed by atoms with van der Waals surface area (Å²) < 4.78 is 6.03. The first kappa shape index (κ1) is 14.3. The Morgan fingerprint density at radius 3 is 2.70 bits per heavy atom. The normalized spacial score (nSPS) is 10.4. The number of hydrogen-bond acceptors (Lipinski definition) is 4. The Hall–Kier alpha value is -2.10. The summed E-state index contributed by atoms with van der Waals surface area (Å²) in [6.45, 7) is 6.27. The van der Waals surface area contributed by atoms with Crippen molar-refractivity contribution in [2.75, 3.05) is 12.4 Å². The Morgan fingerprint density at radius 1 is 1.20 bits per heavy atom. The van der Waals surface area contributed by atoms with Gasteiger partial charge in [-0.2, -0.15) is 0 Å². The summed E-state index contributed by atoms with van der Waals surface area (Å²) in [5.74, 6) is 2.32. The largest absolute Gasteiger partial charge is 0.438 e. The molecule has 1 aromatic heterocycles. The van der Waals surface area contributed by atoms with Gasteiger partial charge < -0.3 is 10.1 Å². The minimum atomic E-state index is 0.639. The Bertz CT molecular complexity index is 596. The van der Waals surface area contributed by atoms with E-state index in [-0.39, 0.29) is 0 Å². The lowest BCUT2D eigenvalue weighted by Gasteiger charge is -2.14. The molecule has 0 fully saturated rings. The lowest BCUT2D eigenvalue weighted by atomic mass is 10.1. The molecule has 4 heteroatoms. The van der Waals surface area contributed by atoms with Crippen molar-refractivity contribution in [2.45, 2.75) is 33.6 Å². The van der Waals surface area contributed by atoms with Crippen molar-refractivity contribution in [3.05, 3.63) is 41.2 Å². The summed E-state index contributed by atoms with van der Waals surface area (Å²) in [7, 11) is 1.86. The number of benzene rings is 1. The van der Waals surface area contributed by atoms with Gasteiger partial charge in [0, 0.05) is 7.05 Å². The highest BCUT2D eigenvalue weighted by Crippen LogP contribution is 2.30. The van der Waals surface area contributed by atoms with E-state index in [1.54, 1.807) is 0 Å². The molecule has 0 bridgehead atoms. The fourth-order valence-electron chi connectivity index (χ4n) is 2.11. The van der Waals surface area contributed by atoms with Crippen LogP contribution in [-0.4, -0.2) is 17.0 Å². The van der Waals surface area contributed by atoms with Crippen molar-refractivity contribution < 1.29 is 4.74 Å². The van der Waals surface area contributed by atoms with Gasteiger partial charge in [-0.25, -0.2) is 9.97 Å². The molecular formula is C16H21N3O. The number of aromatic nitrogens is 2. The molecule has 106 valence electrons. The Kier molecular flexibility index (Phi) is 4.56. The average molecular weight is 271 g/mol. The monoisotopic (exact) mass is 271 g/mol. The standard InChI is InChI=1S/C16H21N3O/c1-5-7-13-15(17-4)18-10-19-16(13)20-14-9-6-8-11(2)12(14)3/h6,8-10H,5,7H2,1-4H3,(H,17,18,19). The fraction of sp³-hybridized carbons (Fsp3) is 0.375. The van der Waals surface area contributed by atoms with Gasteiger partial charge in [-0.05, 0) is 37.5 Å². The lowest BCUT2D eigenvalue weighted by molar-refractivity contribution is 0.450. The minimum absolute atomic E-state index is 0.639. The van der Waals surface area contributed by atoms with E-state index in [1.165, 1.54) is 11.9 Å². The van der Waals surface area contributed by atoms with Gasteiger partial charge in [0.2, 0.25) is 5.88 Å². The van der Waals surface area contributed by atoms with E-state index in [4.69, 9.17) is 4.74 Å². The molecule has 1 heterocycles. The molecule has 0 saturated carbocycles. The first-order chi connectivity index (χ1) is 9.67. The van der Waals surface area contributed by atoms with Crippen LogP contribution in [-0.2, 0) is 6.42 Å². The molecule has 4 nitrogen and oxygen atoms in total. The van der Waals surface area contributed by atoms with E-state index in [9.17, 15) is 0 Å². The van der Waals surface area contributed by atoms with Crippen molar-refractivity contribution in [1.82, 2.24) is 9.97 Å². The molecule has 0 spiro atoms. The van der Waals surface area contributed by atoms with Crippen LogP contribution in [0, 0.1) is 13.8 Å². The van der Waals surface area contributed by atoms with E-state index in [0.717, 1.165) is 35.5 Å². The molecule has 0 aliphatic carbocycles. The maximum absolute atomic E-state index is 6.03. The fourth-order valence-corrected chi connectivity index (χ4v) is 2.11. The van der Waals surface area contributed by atoms with Gasteiger partial charge >= 0.3 is 0 Å². The van der Waals surface area contributed by atoms with Crippen LogP contribution in [0.3, 0.4) is 0 Å². The maximum Gasteiger partial charge on any atom is 0.227 e. The molecule has 20 heavy (non-hydrogen) atoms.